The van der Waals surface area contributed by atoms with Crippen LogP contribution in [-0.2, 0) is 14.3 Å². The molecule has 2 fully saturated rings. The number of rotatable bonds is 3. The van der Waals surface area contributed by atoms with E-state index in [1.165, 1.54) is 7.11 Å². The van der Waals surface area contributed by atoms with E-state index in [1.807, 2.05) is 0 Å². The summed E-state index contributed by atoms with van der Waals surface area (Å²) in [6, 6.07) is 0. The predicted octanol–water partition coefficient (Wildman–Crippen LogP) is 1.74. The molecule has 0 aromatic rings. The van der Waals surface area contributed by atoms with Gasteiger partial charge in [0.1, 0.15) is 12.4 Å². The Hall–Kier alpha value is -0.700. The molecule has 3 nitrogen and oxygen atoms in total. The molecule has 2 aliphatic carbocycles. The van der Waals surface area contributed by atoms with Gasteiger partial charge in [-0.05, 0) is 25.7 Å². The van der Waals surface area contributed by atoms with Crippen molar-refractivity contribution in [1.82, 2.24) is 0 Å². The highest BCUT2D eigenvalue weighted by atomic mass is 16.5. The van der Waals surface area contributed by atoms with Crippen molar-refractivity contribution in [2.45, 2.75) is 38.5 Å². The lowest BCUT2D eigenvalue weighted by Crippen LogP contribution is -2.30. The van der Waals surface area contributed by atoms with E-state index in [0.29, 0.717) is 0 Å². The maximum atomic E-state index is 12.2. The summed E-state index contributed by atoms with van der Waals surface area (Å²) in [4.78, 5) is 23.8. The fraction of sp³-hybridized carbons (Fsp3) is 0.833. The van der Waals surface area contributed by atoms with Crippen LogP contribution < -0.4 is 0 Å². The van der Waals surface area contributed by atoms with Crippen molar-refractivity contribution in [2.75, 3.05) is 13.7 Å². The number of hydrogen-bond acceptors (Lipinski definition) is 3. The van der Waals surface area contributed by atoms with Gasteiger partial charge >= 0.3 is 0 Å². The molecule has 0 aromatic heterocycles. The van der Waals surface area contributed by atoms with Crippen LogP contribution in [-0.4, -0.2) is 25.3 Å². The van der Waals surface area contributed by atoms with Gasteiger partial charge in [-0.2, -0.15) is 0 Å². The first kappa shape index (κ1) is 10.8. The van der Waals surface area contributed by atoms with Crippen molar-refractivity contribution in [3.05, 3.63) is 0 Å². The second-order valence-electron chi connectivity index (χ2n) is 4.84. The van der Waals surface area contributed by atoms with Crippen LogP contribution in [0.5, 0.6) is 0 Å². The van der Waals surface area contributed by atoms with Crippen molar-refractivity contribution in [3.8, 4) is 0 Å². The SMILES string of the molecule is COCC(=O)C1CCC2(CCCC2)C1=O. The van der Waals surface area contributed by atoms with Gasteiger partial charge in [0.05, 0.1) is 5.92 Å². The Morgan fingerprint density at radius 3 is 2.67 bits per heavy atom. The molecule has 0 aliphatic heterocycles. The molecule has 3 heteroatoms. The van der Waals surface area contributed by atoms with Gasteiger partial charge in [0.2, 0.25) is 0 Å². The number of methoxy groups -OCH3 is 1. The van der Waals surface area contributed by atoms with Crippen LogP contribution in [0.25, 0.3) is 0 Å². The first-order valence-electron chi connectivity index (χ1n) is 5.75. The predicted molar refractivity (Wildman–Crippen MR) is 55.5 cm³/mol. The van der Waals surface area contributed by atoms with Gasteiger partial charge < -0.3 is 4.74 Å². The van der Waals surface area contributed by atoms with Crippen LogP contribution >= 0.6 is 0 Å². The second-order valence-corrected chi connectivity index (χ2v) is 4.84. The molecule has 1 unspecified atom stereocenters. The van der Waals surface area contributed by atoms with Crippen molar-refractivity contribution in [3.63, 3.8) is 0 Å². The molecule has 0 heterocycles. The average molecular weight is 210 g/mol. The Labute approximate surface area is 90.2 Å². The number of ketones is 2. The van der Waals surface area contributed by atoms with E-state index in [4.69, 9.17) is 4.74 Å². The van der Waals surface area contributed by atoms with Gasteiger partial charge in [-0.3, -0.25) is 9.59 Å². The zero-order chi connectivity index (χ0) is 10.9. The van der Waals surface area contributed by atoms with E-state index in [-0.39, 0.29) is 29.5 Å². The highest BCUT2D eigenvalue weighted by molar-refractivity contribution is 6.06. The molecule has 1 atom stereocenters. The van der Waals surface area contributed by atoms with Gasteiger partial charge in [-0.25, -0.2) is 0 Å². The highest BCUT2D eigenvalue weighted by Gasteiger charge is 2.50. The molecule has 2 rings (SSSR count). The van der Waals surface area contributed by atoms with E-state index in [9.17, 15) is 9.59 Å². The topological polar surface area (TPSA) is 43.4 Å². The minimum Gasteiger partial charge on any atom is -0.377 e. The number of carbonyl (C=O) groups excluding carboxylic acids is 2. The molecule has 15 heavy (non-hydrogen) atoms. The van der Waals surface area contributed by atoms with E-state index in [0.717, 1.165) is 38.5 Å². The van der Waals surface area contributed by atoms with Crippen LogP contribution in [0.2, 0.25) is 0 Å². The largest absolute Gasteiger partial charge is 0.377 e. The van der Waals surface area contributed by atoms with E-state index >= 15 is 0 Å². The van der Waals surface area contributed by atoms with Crippen LogP contribution in [0.4, 0.5) is 0 Å². The van der Waals surface area contributed by atoms with Gasteiger partial charge in [-0.1, -0.05) is 12.8 Å². The van der Waals surface area contributed by atoms with Gasteiger partial charge in [0.15, 0.2) is 5.78 Å². The van der Waals surface area contributed by atoms with Gasteiger partial charge in [-0.15, -0.1) is 0 Å². The lowest BCUT2D eigenvalue weighted by molar-refractivity contribution is -0.137. The molecular formula is C12H18O3. The molecule has 0 bridgehead atoms. The molecule has 84 valence electrons. The number of Topliss-reactive ketones (excluding diaryl/α,β-unsaturated/α-hetero) is 2. The third-order valence-electron chi connectivity index (χ3n) is 3.99. The summed E-state index contributed by atoms with van der Waals surface area (Å²) in [7, 11) is 1.50. The second kappa shape index (κ2) is 4.05. The third-order valence-corrected chi connectivity index (χ3v) is 3.99. The van der Waals surface area contributed by atoms with Crippen molar-refractivity contribution < 1.29 is 14.3 Å². The molecule has 0 N–H and O–H groups in total. The molecule has 0 amide bonds. The Morgan fingerprint density at radius 2 is 2.07 bits per heavy atom. The van der Waals surface area contributed by atoms with E-state index in [2.05, 4.69) is 0 Å². The molecule has 0 aromatic carbocycles. The number of carbonyl (C=O) groups is 2. The zero-order valence-corrected chi connectivity index (χ0v) is 9.25. The van der Waals surface area contributed by atoms with Crippen LogP contribution in [0.15, 0.2) is 0 Å². The summed E-state index contributed by atoms with van der Waals surface area (Å²) in [5.41, 5.74) is -0.117. The Bertz CT molecular complexity index is 277. The lowest BCUT2D eigenvalue weighted by Gasteiger charge is -2.20. The Balaban J connectivity index is 2.06. The fourth-order valence-electron chi connectivity index (χ4n) is 3.14. The maximum absolute atomic E-state index is 12.2. The first-order valence-corrected chi connectivity index (χ1v) is 5.75. The van der Waals surface area contributed by atoms with E-state index in [1.54, 1.807) is 0 Å². The summed E-state index contributed by atoms with van der Waals surface area (Å²) in [5.74, 6) is -0.170. The number of ether oxygens (including phenoxy) is 1. The van der Waals surface area contributed by atoms with Crippen molar-refractivity contribution >= 4 is 11.6 Å². The minimum atomic E-state index is -0.358. The Morgan fingerprint density at radius 1 is 1.40 bits per heavy atom. The van der Waals surface area contributed by atoms with Crippen LogP contribution in [0, 0.1) is 11.3 Å². The fourth-order valence-corrected chi connectivity index (χ4v) is 3.14. The summed E-state index contributed by atoms with van der Waals surface area (Å²) in [6.07, 6.45) is 5.98. The average Bonchev–Trinajstić information content (AvgIpc) is 2.79. The molecule has 0 saturated heterocycles. The summed E-state index contributed by atoms with van der Waals surface area (Å²) < 4.78 is 4.81. The minimum absolute atomic E-state index is 0.0220. The monoisotopic (exact) mass is 210 g/mol. The van der Waals surface area contributed by atoms with Gasteiger partial charge in [0, 0.05) is 12.5 Å². The molecular weight excluding hydrogens is 192 g/mol. The molecule has 2 saturated carbocycles. The summed E-state index contributed by atoms with van der Waals surface area (Å²) >= 11 is 0. The zero-order valence-electron chi connectivity index (χ0n) is 9.25. The van der Waals surface area contributed by atoms with Crippen molar-refractivity contribution in [1.29, 1.82) is 0 Å². The van der Waals surface area contributed by atoms with Gasteiger partial charge in [0.25, 0.3) is 0 Å². The smallest absolute Gasteiger partial charge is 0.168 e. The summed E-state index contributed by atoms with van der Waals surface area (Å²) in [6.45, 7) is 0.0898. The standard InChI is InChI=1S/C12H18O3/c1-15-8-10(13)9-4-7-12(11(9)14)5-2-3-6-12/h9H,2-8H2,1H3. The lowest BCUT2D eigenvalue weighted by atomic mass is 9.82. The quantitative estimate of drug-likeness (QED) is 0.666. The molecule has 2 aliphatic rings. The number of hydrogen-bond donors (Lipinski definition) is 0. The van der Waals surface area contributed by atoms with E-state index < -0.39 is 0 Å². The Kier molecular flexibility index (Phi) is 2.91. The molecule has 1 spiro atoms. The maximum Gasteiger partial charge on any atom is 0.168 e. The van der Waals surface area contributed by atoms with Crippen molar-refractivity contribution in [2.24, 2.45) is 11.3 Å². The highest BCUT2D eigenvalue weighted by Crippen LogP contribution is 2.50. The van der Waals surface area contributed by atoms with Crippen LogP contribution in [0.3, 0.4) is 0 Å². The van der Waals surface area contributed by atoms with Crippen LogP contribution in [0.1, 0.15) is 38.5 Å². The third kappa shape index (κ3) is 1.73. The first-order chi connectivity index (χ1) is 7.19. The summed E-state index contributed by atoms with van der Waals surface area (Å²) in [5, 5.41) is 0. The molecule has 0 radical (unpaired) electrons. The normalized spacial score (nSPS) is 28.9.